The number of hydrogen-bond donors (Lipinski definition) is 2. The fourth-order valence-corrected chi connectivity index (χ4v) is 2.80. The average Bonchev–Trinajstić information content (AvgIpc) is 3.12. The van der Waals surface area contributed by atoms with Crippen LogP contribution in [0, 0.1) is 11.3 Å². The maximum atomic E-state index is 12.3. The first-order valence-corrected chi connectivity index (χ1v) is 8.99. The standard InChI is InChI=1S/C19H23N3O5/c1-2-26-19(25)18(24)21-12-16-9-8-15(27-16)10-13(11-20)17(23)22-14-6-4-3-5-7-14/h8-10,14H,2-7,12H2,1H3,(H,21,24)(H,22,23)/b13-10-. The number of ether oxygens (including phenoxy) is 1. The molecule has 0 aliphatic heterocycles. The molecule has 0 bridgehead atoms. The Morgan fingerprint density at radius 3 is 2.67 bits per heavy atom. The van der Waals surface area contributed by atoms with Gasteiger partial charge in [-0.25, -0.2) is 4.79 Å². The minimum atomic E-state index is -0.963. The van der Waals surface area contributed by atoms with E-state index in [1.165, 1.54) is 12.5 Å². The van der Waals surface area contributed by atoms with Gasteiger partial charge in [0.1, 0.15) is 23.2 Å². The molecule has 0 aromatic carbocycles. The van der Waals surface area contributed by atoms with E-state index in [4.69, 9.17) is 4.42 Å². The van der Waals surface area contributed by atoms with Crippen molar-refractivity contribution in [2.45, 2.75) is 51.6 Å². The lowest BCUT2D eigenvalue weighted by molar-refractivity contribution is -0.154. The Morgan fingerprint density at radius 2 is 2.00 bits per heavy atom. The number of nitriles is 1. The van der Waals surface area contributed by atoms with Crippen molar-refractivity contribution >= 4 is 23.9 Å². The highest BCUT2D eigenvalue weighted by Crippen LogP contribution is 2.18. The molecule has 0 atom stereocenters. The van der Waals surface area contributed by atoms with Gasteiger partial charge in [0.25, 0.3) is 5.91 Å². The smallest absolute Gasteiger partial charge is 0.396 e. The topological polar surface area (TPSA) is 121 Å². The number of furan rings is 1. The molecule has 0 unspecified atom stereocenters. The van der Waals surface area contributed by atoms with Gasteiger partial charge in [-0.1, -0.05) is 19.3 Å². The molecule has 1 aromatic rings. The highest BCUT2D eigenvalue weighted by molar-refractivity contribution is 6.32. The van der Waals surface area contributed by atoms with Crippen molar-refractivity contribution in [3.05, 3.63) is 29.2 Å². The second-order valence-corrected chi connectivity index (χ2v) is 6.19. The van der Waals surface area contributed by atoms with Crippen LogP contribution >= 0.6 is 0 Å². The lowest BCUT2D eigenvalue weighted by atomic mass is 9.95. The molecule has 8 heteroatoms. The van der Waals surface area contributed by atoms with Crippen molar-refractivity contribution in [1.82, 2.24) is 10.6 Å². The van der Waals surface area contributed by atoms with E-state index in [1.54, 1.807) is 19.1 Å². The van der Waals surface area contributed by atoms with Crippen LogP contribution < -0.4 is 10.6 Å². The van der Waals surface area contributed by atoms with Gasteiger partial charge >= 0.3 is 11.9 Å². The zero-order valence-corrected chi connectivity index (χ0v) is 15.2. The zero-order valence-electron chi connectivity index (χ0n) is 15.2. The summed E-state index contributed by atoms with van der Waals surface area (Å²) in [7, 11) is 0. The third-order valence-corrected chi connectivity index (χ3v) is 4.16. The maximum absolute atomic E-state index is 12.3. The van der Waals surface area contributed by atoms with E-state index in [0.29, 0.717) is 11.5 Å². The molecule has 0 saturated heterocycles. The molecule has 144 valence electrons. The molecule has 0 radical (unpaired) electrons. The van der Waals surface area contributed by atoms with Crippen LogP contribution in [-0.2, 0) is 25.7 Å². The monoisotopic (exact) mass is 373 g/mol. The Kier molecular flexibility index (Phi) is 7.62. The van der Waals surface area contributed by atoms with Crippen molar-refractivity contribution < 1.29 is 23.5 Å². The van der Waals surface area contributed by atoms with Crippen molar-refractivity contribution in [3.63, 3.8) is 0 Å². The quantitative estimate of drug-likeness (QED) is 0.339. The summed E-state index contributed by atoms with van der Waals surface area (Å²) in [6.45, 7) is 1.71. The minimum absolute atomic E-state index is 0.0123. The van der Waals surface area contributed by atoms with Gasteiger partial charge in [-0.05, 0) is 31.9 Å². The molecule has 1 aliphatic rings. The number of nitrogens with one attached hydrogen (secondary N) is 2. The number of carbonyl (C=O) groups excluding carboxylic acids is 3. The van der Waals surface area contributed by atoms with Gasteiger partial charge < -0.3 is 19.8 Å². The fourth-order valence-electron chi connectivity index (χ4n) is 2.80. The van der Waals surface area contributed by atoms with Crippen molar-refractivity contribution in [3.8, 4) is 6.07 Å². The number of amides is 2. The van der Waals surface area contributed by atoms with E-state index in [-0.39, 0.29) is 24.8 Å². The van der Waals surface area contributed by atoms with Gasteiger partial charge in [-0.2, -0.15) is 5.26 Å². The van der Waals surface area contributed by atoms with Crippen LogP contribution in [0.1, 0.15) is 50.5 Å². The van der Waals surface area contributed by atoms with Crippen LogP contribution in [0.3, 0.4) is 0 Å². The molecule has 1 saturated carbocycles. The SMILES string of the molecule is CCOC(=O)C(=O)NCc1ccc(/C=C(/C#N)C(=O)NC2CCCCC2)o1. The second kappa shape index (κ2) is 10.2. The Balaban J connectivity index is 1.93. The van der Waals surface area contributed by atoms with Gasteiger partial charge in [-0.3, -0.25) is 9.59 Å². The van der Waals surface area contributed by atoms with E-state index in [0.717, 1.165) is 25.7 Å². The van der Waals surface area contributed by atoms with E-state index in [1.807, 2.05) is 6.07 Å². The van der Waals surface area contributed by atoms with Crippen LogP contribution in [0.25, 0.3) is 6.08 Å². The maximum Gasteiger partial charge on any atom is 0.396 e. The van der Waals surface area contributed by atoms with E-state index in [9.17, 15) is 19.6 Å². The largest absolute Gasteiger partial charge is 0.460 e. The summed E-state index contributed by atoms with van der Waals surface area (Å²) in [5.74, 6) is -1.56. The number of nitrogens with zero attached hydrogens (tertiary/aromatic N) is 1. The molecule has 0 spiro atoms. The minimum Gasteiger partial charge on any atom is -0.460 e. The molecule has 1 aromatic heterocycles. The van der Waals surface area contributed by atoms with Crippen LogP contribution in [0.2, 0.25) is 0 Å². The summed E-state index contributed by atoms with van der Waals surface area (Å²) >= 11 is 0. The molecule has 27 heavy (non-hydrogen) atoms. The second-order valence-electron chi connectivity index (χ2n) is 6.19. The normalized spacial score (nSPS) is 14.9. The third-order valence-electron chi connectivity index (χ3n) is 4.16. The summed E-state index contributed by atoms with van der Waals surface area (Å²) in [5, 5.41) is 14.5. The number of rotatable bonds is 6. The molecule has 8 nitrogen and oxygen atoms in total. The summed E-state index contributed by atoms with van der Waals surface area (Å²) in [6.07, 6.45) is 6.54. The Hall–Kier alpha value is -3.08. The van der Waals surface area contributed by atoms with E-state index < -0.39 is 17.8 Å². The first-order chi connectivity index (χ1) is 13.0. The zero-order chi connectivity index (χ0) is 19.6. The first kappa shape index (κ1) is 20.2. The number of hydrogen-bond acceptors (Lipinski definition) is 6. The molecule has 2 N–H and O–H groups in total. The van der Waals surface area contributed by atoms with E-state index >= 15 is 0 Å². The first-order valence-electron chi connectivity index (χ1n) is 8.99. The van der Waals surface area contributed by atoms with E-state index in [2.05, 4.69) is 15.4 Å². The predicted octanol–water partition coefficient (Wildman–Crippen LogP) is 1.81. The lowest BCUT2D eigenvalue weighted by Crippen LogP contribution is -2.36. The molecule has 1 heterocycles. The molecular formula is C19H23N3O5. The Morgan fingerprint density at radius 1 is 1.26 bits per heavy atom. The fraction of sp³-hybridized carbons (Fsp3) is 0.474. The molecular weight excluding hydrogens is 350 g/mol. The van der Waals surface area contributed by atoms with Gasteiger partial charge in [0.15, 0.2) is 0 Å². The third kappa shape index (κ3) is 6.29. The molecule has 2 rings (SSSR count). The van der Waals surface area contributed by atoms with Gasteiger partial charge in [0.2, 0.25) is 0 Å². The van der Waals surface area contributed by atoms with Crippen molar-refractivity contribution in [2.24, 2.45) is 0 Å². The van der Waals surface area contributed by atoms with Crippen LogP contribution in [0.4, 0.5) is 0 Å². The summed E-state index contributed by atoms with van der Waals surface area (Å²) in [4.78, 5) is 35.0. The summed E-state index contributed by atoms with van der Waals surface area (Å²) in [5.41, 5.74) is -0.0444. The van der Waals surface area contributed by atoms with Gasteiger partial charge in [-0.15, -0.1) is 0 Å². The van der Waals surface area contributed by atoms with Crippen molar-refractivity contribution in [2.75, 3.05) is 6.61 Å². The number of esters is 1. The average molecular weight is 373 g/mol. The molecule has 2 amide bonds. The molecule has 1 aliphatic carbocycles. The highest BCUT2D eigenvalue weighted by Gasteiger charge is 2.19. The Labute approximate surface area is 157 Å². The summed E-state index contributed by atoms with van der Waals surface area (Å²) in [6, 6.07) is 5.16. The van der Waals surface area contributed by atoms with Crippen LogP contribution in [0.5, 0.6) is 0 Å². The van der Waals surface area contributed by atoms with Gasteiger partial charge in [0.05, 0.1) is 13.2 Å². The summed E-state index contributed by atoms with van der Waals surface area (Å²) < 4.78 is 10.1. The molecule has 1 fully saturated rings. The lowest BCUT2D eigenvalue weighted by Gasteiger charge is -2.22. The predicted molar refractivity (Wildman–Crippen MR) is 95.8 cm³/mol. The highest BCUT2D eigenvalue weighted by atomic mass is 16.5. The van der Waals surface area contributed by atoms with Crippen molar-refractivity contribution in [1.29, 1.82) is 5.26 Å². The Bertz CT molecular complexity index is 754. The van der Waals surface area contributed by atoms with Crippen LogP contribution in [0.15, 0.2) is 22.1 Å². The number of carbonyl (C=O) groups is 3. The van der Waals surface area contributed by atoms with Crippen LogP contribution in [-0.4, -0.2) is 30.4 Å². The van der Waals surface area contributed by atoms with Gasteiger partial charge in [0, 0.05) is 12.1 Å².